The van der Waals surface area contributed by atoms with E-state index in [9.17, 15) is 9.90 Å². The molecule has 2 N–H and O–H groups in total. The summed E-state index contributed by atoms with van der Waals surface area (Å²) in [5.41, 5.74) is -0.171. The summed E-state index contributed by atoms with van der Waals surface area (Å²) >= 11 is 0. The Morgan fingerprint density at radius 2 is 2.36 bits per heavy atom. The van der Waals surface area contributed by atoms with Crippen LogP contribution in [0.15, 0.2) is 11.1 Å². The molecule has 0 amide bonds. The molecule has 2 unspecified atom stereocenters. The van der Waals surface area contributed by atoms with Crippen LogP contribution < -0.4 is 5.69 Å². The van der Waals surface area contributed by atoms with Gasteiger partial charge in [-0.15, -0.1) is 0 Å². The van der Waals surface area contributed by atoms with E-state index < -0.39 is 0 Å². The predicted molar refractivity (Wildman–Crippen MR) is 50.9 cm³/mol. The second-order valence-corrected chi connectivity index (χ2v) is 3.86. The zero-order chi connectivity index (χ0) is 9.97. The van der Waals surface area contributed by atoms with Gasteiger partial charge in [-0.1, -0.05) is 12.8 Å². The molecule has 14 heavy (non-hydrogen) atoms. The summed E-state index contributed by atoms with van der Waals surface area (Å²) in [4.78, 5) is 11.3. The third-order valence-corrected chi connectivity index (χ3v) is 3.04. The van der Waals surface area contributed by atoms with Crippen molar-refractivity contribution < 1.29 is 5.11 Å². The van der Waals surface area contributed by atoms with Gasteiger partial charge in [-0.05, 0) is 12.8 Å². The lowest BCUT2D eigenvalue weighted by molar-refractivity contribution is 0.136. The molecule has 1 heterocycles. The van der Waals surface area contributed by atoms with Crippen LogP contribution in [0.25, 0.3) is 0 Å². The van der Waals surface area contributed by atoms with E-state index in [1.165, 1.54) is 6.33 Å². The molecule has 0 aromatic carbocycles. The van der Waals surface area contributed by atoms with Gasteiger partial charge < -0.3 is 5.11 Å². The molecule has 5 heteroatoms. The van der Waals surface area contributed by atoms with Crippen LogP contribution >= 0.6 is 0 Å². The summed E-state index contributed by atoms with van der Waals surface area (Å²) in [7, 11) is 0. The van der Waals surface area contributed by atoms with Gasteiger partial charge >= 0.3 is 5.69 Å². The Balaban J connectivity index is 2.23. The van der Waals surface area contributed by atoms with Gasteiger partial charge in [0.25, 0.3) is 0 Å². The number of rotatable bonds is 2. The highest BCUT2D eigenvalue weighted by molar-refractivity contribution is 4.82. The van der Waals surface area contributed by atoms with Crippen molar-refractivity contribution in [2.24, 2.45) is 5.92 Å². The van der Waals surface area contributed by atoms with E-state index >= 15 is 0 Å². The SMILES string of the molecule is O=c1[nH]ncn1C1CCCCC1CO. The third kappa shape index (κ3) is 1.59. The number of aromatic nitrogens is 3. The van der Waals surface area contributed by atoms with Gasteiger partial charge in [0, 0.05) is 18.6 Å². The van der Waals surface area contributed by atoms with Gasteiger partial charge in [-0.2, -0.15) is 5.10 Å². The number of nitrogens with one attached hydrogen (secondary N) is 1. The quantitative estimate of drug-likeness (QED) is 0.716. The van der Waals surface area contributed by atoms with Crippen LogP contribution in [0.4, 0.5) is 0 Å². The molecule has 1 aliphatic rings. The van der Waals surface area contributed by atoms with Gasteiger partial charge in [-0.3, -0.25) is 4.57 Å². The summed E-state index contributed by atoms with van der Waals surface area (Å²) in [6, 6.07) is 0.125. The van der Waals surface area contributed by atoms with E-state index in [1.807, 2.05) is 0 Å². The van der Waals surface area contributed by atoms with E-state index in [1.54, 1.807) is 4.57 Å². The smallest absolute Gasteiger partial charge is 0.343 e. The summed E-state index contributed by atoms with van der Waals surface area (Å²) < 4.78 is 1.61. The van der Waals surface area contributed by atoms with Crippen molar-refractivity contribution in [2.45, 2.75) is 31.7 Å². The number of nitrogens with zero attached hydrogens (tertiary/aromatic N) is 2. The Hall–Kier alpha value is -1.10. The molecule has 0 saturated heterocycles. The molecule has 0 radical (unpaired) electrons. The van der Waals surface area contributed by atoms with Gasteiger partial charge in [0.15, 0.2) is 0 Å². The normalized spacial score (nSPS) is 27.8. The van der Waals surface area contributed by atoms with Crippen molar-refractivity contribution in [1.29, 1.82) is 0 Å². The van der Waals surface area contributed by atoms with Gasteiger partial charge in [0.05, 0.1) is 0 Å². The average molecular weight is 197 g/mol. The van der Waals surface area contributed by atoms with Crippen molar-refractivity contribution in [3.8, 4) is 0 Å². The Kier molecular flexibility index (Phi) is 2.67. The van der Waals surface area contributed by atoms with Crippen molar-refractivity contribution >= 4 is 0 Å². The number of aliphatic hydroxyl groups excluding tert-OH is 1. The molecule has 0 spiro atoms. The average Bonchev–Trinajstić information content (AvgIpc) is 2.64. The number of aromatic amines is 1. The molecule has 0 bridgehead atoms. The van der Waals surface area contributed by atoms with E-state index in [-0.39, 0.29) is 24.3 Å². The minimum atomic E-state index is -0.171. The second-order valence-electron chi connectivity index (χ2n) is 3.86. The van der Waals surface area contributed by atoms with Gasteiger partial charge in [0.2, 0.25) is 0 Å². The highest BCUT2D eigenvalue weighted by Crippen LogP contribution is 2.32. The Labute approximate surface area is 81.8 Å². The molecule has 1 saturated carbocycles. The molecule has 1 aromatic heterocycles. The summed E-state index contributed by atoms with van der Waals surface area (Å²) in [6.07, 6.45) is 5.76. The lowest BCUT2D eigenvalue weighted by atomic mass is 9.85. The third-order valence-electron chi connectivity index (χ3n) is 3.04. The molecule has 0 aliphatic heterocycles. The maximum absolute atomic E-state index is 11.3. The number of hydrogen-bond donors (Lipinski definition) is 2. The largest absolute Gasteiger partial charge is 0.396 e. The fraction of sp³-hybridized carbons (Fsp3) is 0.778. The first kappa shape index (κ1) is 9.45. The van der Waals surface area contributed by atoms with Crippen LogP contribution in [0, 0.1) is 5.92 Å². The standard InChI is InChI=1S/C9H15N3O2/c13-5-7-3-1-2-4-8(7)12-6-10-11-9(12)14/h6-8,13H,1-5H2,(H,11,14). The van der Waals surface area contributed by atoms with Crippen molar-refractivity contribution in [3.05, 3.63) is 16.8 Å². The number of hydrogen-bond acceptors (Lipinski definition) is 3. The molecule has 1 aliphatic carbocycles. The molecule has 2 atom stereocenters. The summed E-state index contributed by atoms with van der Waals surface area (Å²) in [6.45, 7) is 0.155. The Morgan fingerprint density at radius 3 is 3.00 bits per heavy atom. The highest BCUT2D eigenvalue weighted by atomic mass is 16.3. The Morgan fingerprint density at radius 1 is 1.57 bits per heavy atom. The van der Waals surface area contributed by atoms with Crippen molar-refractivity contribution in [3.63, 3.8) is 0 Å². The second kappa shape index (κ2) is 3.96. The number of H-pyrrole nitrogens is 1. The lowest BCUT2D eigenvalue weighted by Gasteiger charge is -2.30. The minimum Gasteiger partial charge on any atom is -0.396 e. The highest BCUT2D eigenvalue weighted by Gasteiger charge is 2.26. The zero-order valence-electron chi connectivity index (χ0n) is 8.02. The molecule has 1 fully saturated rings. The molecule has 5 nitrogen and oxygen atoms in total. The van der Waals surface area contributed by atoms with Gasteiger partial charge in [0.1, 0.15) is 6.33 Å². The van der Waals surface area contributed by atoms with Crippen LogP contribution in [0.1, 0.15) is 31.7 Å². The first-order valence-electron chi connectivity index (χ1n) is 5.05. The van der Waals surface area contributed by atoms with Crippen LogP contribution in [-0.4, -0.2) is 26.5 Å². The van der Waals surface area contributed by atoms with E-state index in [0.29, 0.717) is 0 Å². The van der Waals surface area contributed by atoms with Crippen LogP contribution in [0.3, 0.4) is 0 Å². The summed E-state index contributed by atoms with van der Waals surface area (Å²) in [5.74, 6) is 0.207. The lowest BCUT2D eigenvalue weighted by Crippen LogP contribution is -2.31. The molecular formula is C9H15N3O2. The fourth-order valence-corrected chi connectivity index (χ4v) is 2.26. The van der Waals surface area contributed by atoms with E-state index in [4.69, 9.17) is 0 Å². The van der Waals surface area contributed by atoms with E-state index in [2.05, 4.69) is 10.2 Å². The van der Waals surface area contributed by atoms with Crippen LogP contribution in [-0.2, 0) is 0 Å². The summed E-state index contributed by atoms with van der Waals surface area (Å²) in [5, 5.41) is 15.3. The maximum Gasteiger partial charge on any atom is 0.343 e. The fourth-order valence-electron chi connectivity index (χ4n) is 2.26. The zero-order valence-corrected chi connectivity index (χ0v) is 8.02. The van der Waals surface area contributed by atoms with Crippen molar-refractivity contribution in [2.75, 3.05) is 6.61 Å². The molecule has 2 rings (SSSR count). The van der Waals surface area contributed by atoms with Crippen molar-refractivity contribution in [1.82, 2.24) is 14.8 Å². The van der Waals surface area contributed by atoms with E-state index in [0.717, 1.165) is 25.7 Å². The monoisotopic (exact) mass is 197 g/mol. The molecule has 1 aromatic rings. The molecule has 78 valence electrons. The number of aliphatic hydroxyl groups is 1. The van der Waals surface area contributed by atoms with Crippen LogP contribution in [0.2, 0.25) is 0 Å². The van der Waals surface area contributed by atoms with Gasteiger partial charge in [-0.25, -0.2) is 9.89 Å². The topological polar surface area (TPSA) is 70.9 Å². The van der Waals surface area contributed by atoms with Crippen LogP contribution in [0.5, 0.6) is 0 Å². The maximum atomic E-state index is 11.3. The first-order valence-corrected chi connectivity index (χ1v) is 5.05. The minimum absolute atomic E-state index is 0.125. The first-order chi connectivity index (χ1) is 6.83. The predicted octanol–water partition coefficient (Wildman–Crippen LogP) is 0.295. The molecular weight excluding hydrogens is 182 g/mol. The Bertz CT molecular complexity index is 344.